The monoisotopic (exact) mass is 748 g/mol. The van der Waals surface area contributed by atoms with Crippen molar-refractivity contribution in [2.45, 2.75) is 73.8 Å². The molecule has 0 saturated carbocycles. The fourth-order valence-corrected chi connectivity index (χ4v) is 7.49. The van der Waals surface area contributed by atoms with E-state index in [9.17, 15) is 18.3 Å². The highest BCUT2D eigenvalue weighted by atomic mass is 127. The number of sulfone groups is 1. The molecule has 0 unspecified atom stereocenters. The van der Waals surface area contributed by atoms with E-state index >= 15 is 0 Å². The van der Waals surface area contributed by atoms with Crippen molar-refractivity contribution in [2.24, 2.45) is 0 Å². The number of hydrogen-bond acceptors (Lipinski definition) is 10. The van der Waals surface area contributed by atoms with Crippen LogP contribution in [-0.4, -0.2) is 82.8 Å². The van der Waals surface area contributed by atoms with Gasteiger partial charge in [0.2, 0.25) is 5.95 Å². The van der Waals surface area contributed by atoms with Crippen molar-refractivity contribution >= 4 is 61.5 Å². The Hall–Kier alpha value is -3.01. The minimum Gasteiger partial charge on any atom is -0.489 e. The molecule has 5 rings (SSSR count). The number of likely N-dealkylation sites (tertiary alicyclic amines) is 1. The zero-order valence-electron chi connectivity index (χ0n) is 26.1. The Morgan fingerprint density at radius 2 is 1.91 bits per heavy atom. The van der Waals surface area contributed by atoms with Crippen LogP contribution in [0.4, 0.5) is 23.1 Å². The average Bonchev–Trinajstić information content (AvgIpc) is 3.32. The summed E-state index contributed by atoms with van der Waals surface area (Å²) >= 11 is 2.22. The fourth-order valence-electron chi connectivity index (χ4n) is 5.73. The molecule has 13 heteroatoms. The van der Waals surface area contributed by atoms with Gasteiger partial charge in [-0.2, -0.15) is 4.98 Å². The molecular formula is C32H41IN6O5S. The average molecular weight is 749 g/mol. The van der Waals surface area contributed by atoms with E-state index in [0.29, 0.717) is 46.0 Å². The number of carbonyl (C=O) groups excluding carboxylic acids is 1. The maximum absolute atomic E-state index is 13.7. The number of rotatable bonds is 12. The number of nitrogens with one attached hydrogen (secondary N) is 2. The normalized spacial score (nSPS) is 17.2. The van der Waals surface area contributed by atoms with Crippen LogP contribution in [0.1, 0.15) is 62.0 Å². The summed E-state index contributed by atoms with van der Waals surface area (Å²) < 4.78 is 32.9. The number of fused-ring (bicyclic) bond motifs is 1. The van der Waals surface area contributed by atoms with Crippen molar-refractivity contribution in [3.05, 3.63) is 59.3 Å². The zero-order valence-corrected chi connectivity index (χ0v) is 29.1. The Kier molecular flexibility index (Phi) is 10.5. The van der Waals surface area contributed by atoms with E-state index in [4.69, 9.17) is 9.72 Å². The van der Waals surface area contributed by atoms with Gasteiger partial charge in [-0.15, -0.1) is 0 Å². The molecule has 3 N–H and O–H groups in total. The second kappa shape index (κ2) is 14.2. The lowest BCUT2D eigenvalue weighted by Crippen LogP contribution is -2.48. The first-order chi connectivity index (χ1) is 21.5. The first kappa shape index (κ1) is 33.4. The maximum Gasteiger partial charge on any atom is 0.254 e. The Morgan fingerprint density at radius 1 is 1.13 bits per heavy atom. The molecule has 0 spiro atoms. The molecule has 2 aromatic carbocycles. The van der Waals surface area contributed by atoms with Crippen molar-refractivity contribution in [3.8, 4) is 5.75 Å². The standard InChI is InChI=1S/C32H41IN6O5S/c1-20(2)44-28-14-22-18-39(24-8-7-11-38(19-24)12-13-40)31(41)25(22)15-27(28)36-32-34-17-23(16-33)30(37-32)35-26-9-5-6-10-29(26)45(42,43)21(3)4/h5-6,9-10,14-15,17,20-21,24,40H,7-8,11-13,16,18-19H2,1-4H3,(H2,34,35,36,37)/t24-/m0/s1. The van der Waals surface area contributed by atoms with Gasteiger partial charge in [-0.1, -0.05) is 34.7 Å². The number of carbonyl (C=O) groups is 1. The molecule has 0 radical (unpaired) electrons. The van der Waals surface area contributed by atoms with Gasteiger partial charge in [-0.25, -0.2) is 13.4 Å². The molecule has 45 heavy (non-hydrogen) atoms. The van der Waals surface area contributed by atoms with Crippen LogP contribution >= 0.6 is 22.6 Å². The van der Waals surface area contributed by atoms with E-state index in [-0.39, 0.29) is 35.5 Å². The Balaban J connectivity index is 1.45. The van der Waals surface area contributed by atoms with Crippen molar-refractivity contribution in [3.63, 3.8) is 0 Å². The van der Waals surface area contributed by atoms with Gasteiger partial charge in [0.15, 0.2) is 9.84 Å². The van der Waals surface area contributed by atoms with Gasteiger partial charge in [0.05, 0.1) is 34.2 Å². The minimum absolute atomic E-state index is 0.0218. The van der Waals surface area contributed by atoms with E-state index in [0.717, 1.165) is 37.1 Å². The van der Waals surface area contributed by atoms with Crippen LogP contribution in [0.2, 0.25) is 0 Å². The molecule has 1 saturated heterocycles. The van der Waals surface area contributed by atoms with Gasteiger partial charge in [0.25, 0.3) is 5.91 Å². The van der Waals surface area contributed by atoms with Crippen LogP contribution < -0.4 is 15.4 Å². The second-order valence-electron chi connectivity index (χ2n) is 12.0. The lowest BCUT2D eigenvalue weighted by Gasteiger charge is -2.37. The van der Waals surface area contributed by atoms with Crippen LogP contribution in [0.5, 0.6) is 5.75 Å². The van der Waals surface area contributed by atoms with Crippen LogP contribution in [0.15, 0.2) is 47.5 Å². The summed E-state index contributed by atoms with van der Waals surface area (Å²) in [5.74, 6) is 1.32. The summed E-state index contributed by atoms with van der Waals surface area (Å²) in [6.07, 6.45) is 3.50. The molecule has 2 aliphatic rings. The zero-order chi connectivity index (χ0) is 32.3. The molecule has 1 atom stereocenters. The number of aliphatic hydroxyl groups excluding tert-OH is 1. The van der Waals surface area contributed by atoms with E-state index in [1.807, 2.05) is 30.9 Å². The van der Waals surface area contributed by atoms with E-state index < -0.39 is 15.1 Å². The number of piperidine rings is 1. The van der Waals surface area contributed by atoms with Gasteiger partial charge in [0, 0.05) is 47.4 Å². The van der Waals surface area contributed by atoms with Crippen molar-refractivity contribution in [1.29, 1.82) is 0 Å². The Labute approximate surface area is 278 Å². The van der Waals surface area contributed by atoms with E-state index in [1.165, 1.54) is 0 Å². The molecule has 2 aliphatic heterocycles. The van der Waals surface area contributed by atoms with Gasteiger partial charge in [-0.3, -0.25) is 9.69 Å². The number of benzene rings is 2. The number of β-amino-alcohol motifs (C(OH)–C–C–N with tert-alkyl or cyclic N) is 1. The van der Waals surface area contributed by atoms with Crippen LogP contribution in [-0.2, 0) is 20.8 Å². The lowest BCUT2D eigenvalue weighted by molar-refractivity contribution is 0.0544. The number of aromatic nitrogens is 2. The van der Waals surface area contributed by atoms with Gasteiger partial charge in [0.1, 0.15) is 11.6 Å². The smallest absolute Gasteiger partial charge is 0.254 e. The number of ether oxygens (including phenoxy) is 1. The number of aliphatic hydroxyl groups is 1. The number of anilines is 4. The molecule has 0 aliphatic carbocycles. The third kappa shape index (κ3) is 7.36. The molecule has 0 bridgehead atoms. The molecular weight excluding hydrogens is 707 g/mol. The third-order valence-corrected chi connectivity index (χ3v) is 11.1. The number of nitrogens with zero attached hydrogens (tertiary/aromatic N) is 4. The van der Waals surface area contributed by atoms with Crippen molar-refractivity contribution in [1.82, 2.24) is 19.8 Å². The second-order valence-corrected chi connectivity index (χ2v) is 15.2. The number of alkyl halides is 1. The molecule has 3 aromatic rings. The van der Waals surface area contributed by atoms with Crippen LogP contribution in [0, 0.1) is 0 Å². The van der Waals surface area contributed by atoms with Gasteiger partial charge in [-0.05, 0) is 76.9 Å². The molecule has 1 amide bonds. The van der Waals surface area contributed by atoms with Gasteiger partial charge < -0.3 is 25.4 Å². The summed E-state index contributed by atoms with van der Waals surface area (Å²) in [4.78, 5) is 27.3. The largest absolute Gasteiger partial charge is 0.489 e. The number of amides is 1. The van der Waals surface area contributed by atoms with Crippen LogP contribution in [0.25, 0.3) is 0 Å². The van der Waals surface area contributed by atoms with Gasteiger partial charge >= 0.3 is 0 Å². The fraction of sp³-hybridized carbons (Fsp3) is 0.469. The summed E-state index contributed by atoms with van der Waals surface area (Å²) in [5, 5.41) is 15.4. The summed E-state index contributed by atoms with van der Waals surface area (Å²) in [6.45, 7) is 10.1. The minimum atomic E-state index is -3.54. The number of halogens is 1. The van der Waals surface area contributed by atoms with E-state index in [2.05, 4.69) is 43.1 Å². The summed E-state index contributed by atoms with van der Waals surface area (Å²) in [7, 11) is -3.54. The predicted octanol–water partition coefficient (Wildman–Crippen LogP) is 5.28. The first-order valence-electron chi connectivity index (χ1n) is 15.3. The summed E-state index contributed by atoms with van der Waals surface area (Å²) in [6, 6.07) is 10.6. The Bertz CT molecular complexity index is 1650. The SMILES string of the molecule is CC(C)Oc1cc2c(cc1Nc1ncc(CI)c(Nc3ccccc3S(=O)(=O)C(C)C)n1)C(=O)N([C@H]1CCCN(CCO)C1)C2. The molecule has 1 aromatic heterocycles. The lowest BCUT2D eigenvalue weighted by atomic mass is 10.0. The predicted molar refractivity (Wildman–Crippen MR) is 184 cm³/mol. The van der Waals surface area contributed by atoms with E-state index in [1.54, 1.807) is 44.3 Å². The highest BCUT2D eigenvalue weighted by molar-refractivity contribution is 14.1. The first-order valence-corrected chi connectivity index (χ1v) is 18.4. The Morgan fingerprint density at radius 3 is 2.62 bits per heavy atom. The number of para-hydroxylation sites is 1. The molecule has 3 heterocycles. The van der Waals surface area contributed by atoms with Crippen molar-refractivity contribution in [2.75, 3.05) is 36.9 Å². The maximum atomic E-state index is 13.7. The highest BCUT2D eigenvalue weighted by Gasteiger charge is 2.36. The highest BCUT2D eigenvalue weighted by Crippen LogP contribution is 2.38. The summed E-state index contributed by atoms with van der Waals surface area (Å²) in [5.41, 5.74) is 3.34. The topological polar surface area (TPSA) is 137 Å². The molecule has 242 valence electrons. The quantitative estimate of drug-likeness (QED) is 0.166. The van der Waals surface area contributed by atoms with Crippen LogP contribution in [0.3, 0.4) is 0 Å². The van der Waals surface area contributed by atoms with Crippen molar-refractivity contribution < 1.29 is 23.1 Å². The molecule has 11 nitrogen and oxygen atoms in total. The number of hydrogen-bond donors (Lipinski definition) is 3. The molecule has 1 fully saturated rings. The third-order valence-electron chi connectivity index (χ3n) is 8.06.